The van der Waals surface area contributed by atoms with Crippen LogP contribution in [0, 0.1) is 0 Å². The molecule has 0 aromatic carbocycles. The number of aliphatic hydroxyl groups excluding tert-OH is 4. The molecule has 0 radical (unpaired) electrons. The molecule has 6 nitrogen and oxygen atoms in total. The fourth-order valence-electron chi connectivity index (χ4n) is 0.779. The Hall–Kier alpha value is -0.530. The highest BCUT2D eigenvalue weighted by Gasteiger charge is 2.29. The number of hydrogen-bond donors (Lipinski definition) is 4. The highest BCUT2D eigenvalue weighted by atomic mass is 16.5. The van der Waals surface area contributed by atoms with Gasteiger partial charge in [0.25, 0.3) is 0 Å². The largest absolute Gasteiger partial charge is 0.388 e. The second kappa shape index (κ2) is 6.01. The van der Waals surface area contributed by atoms with E-state index in [-0.39, 0.29) is 12.9 Å². The first-order chi connectivity index (χ1) is 6.04. The van der Waals surface area contributed by atoms with Gasteiger partial charge in [-0.15, -0.1) is 0 Å². The van der Waals surface area contributed by atoms with Gasteiger partial charge in [-0.25, -0.2) is 0 Å². The number of aldehydes is 1. The van der Waals surface area contributed by atoms with E-state index in [1.807, 2.05) is 0 Å². The molecule has 0 amide bonds. The Kier molecular flexibility index (Phi) is 5.76. The van der Waals surface area contributed by atoms with Crippen molar-refractivity contribution < 1.29 is 30.0 Å². The second-order valence-corrected chi connectivity index (χ2v) is 2.63. The standard InChI is InChI=1S/C7H14O6/c1-13-3-5(10)7(12)6(11)4(9)2-8/h2,4-7,9-12H,3H2,1H3/t4-,5-,6-,7-/m0/s1. The summed E-state index contributed by atoms with van der Waals surface area (Å²) < 4.78 is 4.50. The average Bonchev–Trinajstić information content (AvgIpc) is 2.14. The van der Waals surface area contributed by atoms with E-state index in [1.54, 1.807) is 0 Å². The lowest BCUT2D eigenvalue weighted by atomic mass is 10.0. The van der Waals surface area contributed by atoms with Gasteiger partial charge < -0.3 is 30.0 Å². The van der Waals surface area contributed by atoms with Crippen molar-refractivity contribution in [3.05, 3.63) is 0 Å². The van der Waals surface area contributed by atoms with E-state index in [2.05, 4.69) is 4.74 Å². The van der Waals surface area contributed by atoms with Gasteiger partial charge in [-0.1, -0.05) is 0 Å². The monoisotopic (exact) mass is 194 g/mol. The highest BCUT2D eigenvalue weighted by molar-refractivity contribution is 5.56. The van der Waals surface area contributed by atoms with E-state index in [0.29, 0.717) is 0 Å². The topological polar surface area (TPSA) is 107 Å². The van der Waals surface area contributed by atoms with Gasteiger partial charge in [-0.2, -0.15) is 0 Å². The zero-order valence-corrected chi connectivity index (χ0v) is 7.20. The van der Waals surface area contributed by atoms with Crippen LogP contribution in [0.2, 0.25) is 0 Å². The van der Waals surface area contributed by atoms with Crippen molar-refractivity contribution in [1.29, 1.82) is 0 Å². The van der Waals surface area contributed by atoms with Gasteiger partial charge in [0.05, 0.1) is 6.61 Å². The minimum absolute atomic E-state index is 0.0768. The predicted octanol–water partition coefficient (Wildman–Crippen LogP) is -2.72. The summed E-state index contributed by atoms with van der Waals surface area (Å²) in [4.78, 5) is 10.00. The molecule has 0 aliphatic carbocycles. The molecule has 4 atom stereocenters. The van der Waals surface area contributed by atoms with Gasteiger partial charge in [0.15, 0.2) is 6.29 Å². The SMILES string of the molecule is COC[C@H](O)[C@H](O)[C@@H](O)[C@@H](O)C=O. The first kappa shape index (κ1) is 12.5. The third kappa shape index (κ3) is 3.79. The molecule has 0 aromatic rings. The van der Waals surface area contributed by atoms with Crippen LogP contribution in [0.25, 0.3) is 0 Å². The second-order valence-electron chi connectivity index (χ2n) is 2.63. The number of ether oxygens (including phenoxy) is 1. The van der Waals surface area contributed by atoms with E-state index in [4.69, 9.17) is 20.4 Å². The van der Waals surface area contributed by atoms with Crippen molar-refractivity contribution in [1.82, 2.24) is 0 Å². The van der Waals surface area contributed by atoms with Gasteiger partial charge >= 0.3 is 0 Å². The highest BCUT2D eigenvalue weighted by Crippen LogP contribution is 2.03. The van der Waals surface area contributed by atoms with E-state index in [9.17, 15) is 4.79 Å². The molecular weight excluding hydrogens is 180 g/mol. The van der Waals surface area contributed by atoms with Crippen LogP contribution in [0.5, 0.6) is 0 Å². The maximum Gasteiger partial charge on any atom is 0.151 e. The van der Waals surface area contributed by atoms with Crippen molar-refractivity contribution in [2.75, 3.05) is 13.7 Å². The van der Waals surface area contributed by atoms with Crippen molar-refractivity contribution in [3.63, 3.8) is 0 Å². The number of rotatable bonds is 6. The summed E-state index contributed by atoms with van der Waals surface area (Å²) in [6.07, 6.45) is -6.29. The maximum absolute atomic E-state index is 10.00. The molecule has 0 saturated heterocycles. The third-order valence-electron chi connectivity index (χ3n) is 1.57. The van der Waals surface area contributed by atoms with E-state index in [1.165, 1.54) is 7.11 Å². The summed E-state index contributed by atoms with van der Waals surface area (Å²) in [6, 6.07) is 0. The number of carbonyl (C=O) groups excluding carboxylic acids is 1. The molecule has 0 aromatic heterocycles. The Morgan fingerprint density at radius 1 is 1.23 bits per heavy atom. The van der Waals surface area contributed by atoms with E-state index < -0.39 is 24.4 Å². The van der Waals surface area contributed by atoms with Crippen molar-refractivity contribution in [2.45, 2.75) is 24.4 Å². The Morgan fingerprint density at radius 3 is 2.15 bits per heavy atom. The van der Waals surface area contributed by atoms with Gasteiger partial charge in [0.2, 0.25) is 0 Å². The summed E-state index contributed by atoms with van der Waals surface area (Å²) in [5.41, 5.74) is 0. The normalized spacial score (nSPS) is 20.4. The molecule has 0 spiro atoms. The van der Waals surface area contributed by atoms with Gasteiger partial charge in [0.1, 0.15) is 24.4 Å². The first-order valence-electron chi connectivity index (χ1n) is 3.71. The molecule has 0 rings (SSSR count). The Balaban J connectivity index is 4.06. The first-order valence-corrected chi connectivity index (χ1v) is 3.71. The predicted molar refractivity (Wildman–Crippen MR) is 42.0 cm³/mol. The quantitative estimate of drug-likeness (QED) is 0.342. The molecule has 13 heavy (non-hydrogen) atoms. The molecule has 0 fully saturated rings. The van der Waals surface area contributed by atoms with Crippen LogP contribution in [0.3, 0.4) is 0 Å². The fraction of sp³-hybridized carbons (Fsp3) is 0.857. The van der Waals surface area contributed by atoms with Crippen LogP contribution >= 0.6 is 0 Å². The molecule has 0 bridgehead atoms. The van der Waals surface area contributed by atoms with Crippen LogP contribution in [-0.2, 0) is 9.53 Å². The minimum Gasteiger partial charge on any atom is -0.388 e. The molecule has 4 N–H and O–H groups in total. The summed E-state index contributed by atoms with van der Waals surface area (Å²) in [6.45, 7) is -0.191. The Bertz CT molecular complexity index is 150. The van der Waals surface area contributed by atoms with Gasteiger partial charge in [0, 0.05) is 7.11 Å². The van der Waals surface area contributed by atoms with Crippen LogP contribution in [0.15, 0.2) is 0 Å². The maximum atomic E-state index is 10.00. The van der Waals surface area contributed by atoms with Crippen molar-refractivity contribution >= 4 is 6.29 Å². The van der Waals surface area contributed by atoms with Crippen molar-refractivity contribution in [3.8, 4) is 0 Å². The van der Waals surface area contributed by atoms with E-state index in [0.717, 1.165) is 0 Å². The number of methoxy groups -OCH3 is 1. The third-order valence-corrected chi connectivity index (χ3v) is 1.57. The van der Waals surface area contributed by atoms with Crippen LogP contribution in [-0.4, -0.2) is 64.8 Å². The molecule has 78 valence electrons. The number of carbonyl (C=O) groups is 1. The zero-order chi connectivity index (χ0) is 10.4. The van der Waals surface area contributed by atoms with Crippen LogP contribution in [0.1, 0.15) is 0 Å². The summed E-state index contributed by atoms with van der Waals surface area (Å²) in [5, 5.41) is 36.0. The fourth-order valence-corrected chi connectivity index (χ4v) is 0.779. The molecule has 0 unspecified atom stereocenters. The lowest BCUT2D eigenvalue weighted by Gasteiger charge is -2.23. The molecule has 0 aliphatic rings. The zero-order valence-electron chi connectivity index (χ0n) is 7.20. The number of hydrogen-bond acceptors (Lipinski definition) is 6. The van der Waals surface area contributed by atoms with Crippen LogP contribution < -0.4 is 0 Å². The van der Waals surface area contributed by atoms with E-state index >= 15 is 0 Å². The summed E-state index contributed by atoms with van der Waals surface area (Å²) in [7, 11) is 1.30. The molecule has 6 heteroatoms. The summed E-state index contributed by atoms with van der Waals surface area (Å²) >= 11 is 0. The number of aliphatic hydroxyl groups is 4. The molecular formula is C7H14O6. The summed E-state index contributed by atoms with van der Waals surface area (Å²) in [5.74, 6) is 0. The minimum atomic E-state index is -1.71. The lowest BCUT2D eigenvalue weighted by molar-refractivity contribution is -0.137. The Morgan fingerprint density at radius 2 is 1.77 bits per heavy atom. The molecule has 0 heterocycles. The average molecular weight is 194 g/mol. The van der Waals surface area contributed by atoms with Gasteiger partial charge in [-0.3, -0.25) is 0 Å². The Labute approximate surface area is 75.4 Å². The lowest BCUT2D eigenvalue weighted by Crippen LogP contribution is -2.46. The van der Waals surface area contributed by atoms with Gasteiger partial charge in [-0.05, 0) is 0 Å². The molecule has 0 aliphatic heterocycles. The molecule has 0 saturated carbocycles. The van der Waals surface area contributed by atoms with Crippen LogP contribution in [0.4, 0.5) is 0 Å². The van der Waals surface area contributed by atoms with Crippen molar-refractivity contribution in [2.24, 2.45) is 0 Å². The smallest absolute Gasteiger partial charge is 0.151 e.